The summed E-state index contributed by atoms with van der Waals surface area (Å²) < 4.78 is 0. The molecule has 1 aliphatic rings. The largest absolute Gasteiger partial charge is 0.364 e. The molecule has 0 aliphatic heterocycles. The third-order valence-electron chi connectivity index (χ3n) is 3.04. The summed E-state index contributed by atoms with van der Waals surface area (Å²) in [7, 11) is 0. The highest BCUT2D eigenvalue weighted by Crippen LogP contribution is 2.30. The topological polar surface area (TPSA) is 37.8 Å². The lowest BCUT2D eigenvalue weighted by Gasteiger charge is -2.02. The average Bonchev–Trinajstić information content (AvgIpc) is 2.88. The number of thiophene rings is 1. The van der Waals surface area contributed by atoms with Crippen molar-refractivity contribution in [1.82, 2.24) is 10.2 Å². The smallest absolute Gasteiger partial charge is 0.148 e. The van der Waals surface area contributed by atoms with Crippen LogP contribution in [0.25, 0.3) is 0 Å². The van der Waals surface area contributed by atoms with Crippen LogP contribution < -0.4 is 5.32 Å². The number of hydrogen-bond acceptors (Lipinski definition) is 4. The van der Waals surface area contributed by atoms with Crippen molar-refractivity contribution in [1.29, 1.82) is 0 Å². The maximum atomic E-state index is 4.10. The van der Waals surface area contributed by atoms with Crippen LogP contribution in [0.15, 0.2) is 18.2 Å². The highest BCUT2D eigenvalue weighted by atomic mass is 32.1. The maximum absolute atomic E-state index is 4.10. The second kappa shape index (κ2) is 4.45. The van der Waals surface area contributed by atoms with E-state index in [0.29, 0.717) is 0 Å². The lowest BCUT2D eigenvalue weighted by atomic mass is 10.2. The number of rotatable bonds is 3. The molecule has 0 spiro atoms. The third-order valence-corrected chi connectivity index (χ3v) is 4.28. The van der Waals surface area contributed by atoms with Gasteiger partial charge in [-0.15, -0.1) is 16.4 Å². The molecular formula is C13H15N3S. The molecule has 0 atom stereocenters. The molecule has 2 heterocycles. The minimum absolute atomic E-state index is 0.851. The molecule has 0 aromatic carbocycles. The van der Waals surface area contributed by atoms with E-state index in [2.05, 4.69) is 21.6 Å². The zero-order valence-electron chi connectivity index (χ0n) is 9.86. The van der Waals surface area contributed by atoms with Crippen molar-refractivity contribution >= 4 is 17.2 Å². The molecule has 0 saturated carbocycles. The van der Waals surface area contributed by atoms with E-state index in [0.717, 1.165) is 18.1 Å². The van der Waals surface area contributed by atoms with Crippen LogP contribution in [0.4, 0.5) is 5.82 Å². The summed E-state index contributed by atoms with van der Waals surface area (Å²) in [4.78, 5) is 2.98. The minimum Gasteiger partial charge on any atom is -0.364 e. The predicted octanol–water partition coefficient (Wildman–Crippen LogP) is 2.95. The first kappa shape index (κ1) is 10.7. The number of hydrogen-bond donors (Lipinski definition) is 1. The van der Waals surface area contributed by atoms with Gasteiger partial charge >= 0.3 is 0 Å². The maximum Gasteiger partial charge on any atom is 0.148 e. The summed E-state index contributed by atoms with van der Waals surface area (Å²) in [6.45, 7) is 2.80. The molecule has 1 N–H and O–H groups in total. The monoisotopic (exact) mass is 245 g/mol. The van der Waals surface area contributed by atoms with E-state index in [4.69, 9.17) is 0 Å². The van der Waals surface area contributed by atoms with Crippen molar-refractivity contribution in [2.45, 2.75) is 32.7 Å². The second-order valence-electron chi connectivity index (χ2n) is 4.43. The molecular weight excluding hydrogens is 230 g/mol. The lowest BCUT2D eigenvalue weighted by Crippen LogP contribution is -2.01. The fourth-order valence-corrected chi connectivity index (χ4v) is 3.35. The summed E-state index contributed by atoms with van der Waals surface area (Å²) in [5.74, 6) is 0.851. The Hall–Kier alpha value is -1.42. The Morgan fingerprint density at radius 3 is 3.00 bits per heavy atom. The Balaban J connectivity index is 1.65. The Kier molecular flexibility index (Phi) is 2.81. The van der Waals surface area contributed by atoms with Crippen molar-refractivity contribution in [3.8, 4) is 0 Å². The van der Waals surface area contributed by atoms with Gasteiger partial charge in [0.15, 0.2) is 0 Å². The zero-order valence-corrected chi connectivity index (χ0v) is 10.7. The van der Waals surface area contributed by atoms with Crippen molar-refractivity contribution < 1.29 is 0 Å². The summed E-state index contributed by atoms with van der Waals surface area (Å²) in [5, 5.41) is 11.4. The number of aryl methyl sites for hydroxylation is 3. The number of nitrogens with zero attached hydrogens (tertiary/aromatic N) is 2. The Labute approximate surface area is 105 Å². The SMILES string of the molecule is Cc1ccc(NCc2cc3c(s2)CCC3)nn1. The minimum atomic E-state index is 0.851. The summed E-state index contributed by atoms with van der Waals surface area (Å²) in [5.41, 5.74) is 2.51. The van der Waals surface area contributed by atoms with E-state index in [1.807, 2.05) is 30.4 Å². The normalized spacial score (nSPS) is 13.7. The highest BCUT2D eigenvalue weighted by Gasteiger charge is 2.14. The van der Waals surface area contributed by atoms with Crippen molar-refractivity contribution in [2.75, 3.05) is 5.32 Å². The second-order valence-corrected chi connectivity index (χ2v) is 5.65. The highest BCUT2D eigenvalue weighted by molar-refractivity contribution is 7.12. The molecule has 0 amide bonds. The predicted molar refractivity (Wildman–Crippen MR) is 70.4 cm³/mol. The standard InChI is InChI=1S/C13H15N3S/c1-9-5-6-13(16-15-9)14-8-11-7-10-3-2-4-12(10)17-11/h5-7H,2-4,8H2,1H3,(H,14,16). The van der Waals surface area contributed by atoms with Crippen LogP contribution in [0.2, 0.25) is 0 Å². The van der Waals surface area contributed by atoms with E-state index in [-0.39, 0.29) is 0 Å². The van der Waals surface area contributed by atoms with E-state index in [1.54, 1.807) is 10.4 Å². The molecule has 0 radical (unpaired) electrons. The summed E-state index contributed by atoms with van der Waals surface area (Å²) in [6, 6.07) is 6.29. The van der Waals surface area contributed by atoms with Crippen LogP contribution >= 0.6 is 11.3 Å². The van der Waals surface area contributed by atoms with Gasteiger partial charge in [0, 0.05) is 9.75 Å². The molecule has 0 fully saturated rings. The lowest BCUT2D eigenvalue weighted by molar-refractivity contribution is 0.913. The van der Waals surface area contributed by atoms with Crippen molar-refractivity contribution in [2.24, 2.45) is 0 Å². The van der Waals surface area contributed by atoms with Gasteiger partial charge in [-0.25, -0.2) is 0 Å². The Morgan fingerprint density at radius 2 is 2.24 bits per heavy atom. The van der Waals surface area contributed by atoms with Gasteiger partial charge in [-0.2, -0.15) is 5.10 Å². The molecule has 2 aromatic heterocycles. The van der Waals surface area contributed by atoms with Crippen LogP contribution in [-0.2, 0) is 19.4 Å². The van der Waals surface area contributed by atoms with Crippen LogP contribution in [0.1, 0.15) is 27.4 Å². The fraction of sp³-hybridized carbons (Fsp3) is 0.385. The Morgan fingerprint density at radius 1 is 1.29 bits per heavy atom. The van der Waals surface area contributed by atoms with E-state index >= 15 is 0 Å². The molecule has 0 unspecified atom stereocenters. The summed E-state index contributed by atoms with van der Waals surface area (Å²) >= 11 is 1.93. The quantitative estimate of drug-likeness (QED) is 0.903. The van der Waals surface area contributed by atoms with Gasteiger partial charge in [0.2, 0.25) is 0 Å². The zero-order chi connectivity index (χ0) is 11.7. The first-order chi connectivity index (χ1) is 8.31. The van der Waals surface area contributed by atoms with Crippen molar-refractivity contribution in [3.05, 3.63) is 39.2 Å². The average molecular weight is 245 g/mol. The van der Waals surface area contributed by atoms with E-state index in [9.17, 15) is 0 Å². The summed E-state index contributed by atoms with van der Waals surface area (Å²) in [6.07, 6.45) is 3.86. The molecule has 3 rings (SSSR count). The number of fused-ring (bicyclic) bond motifs is 1. The number of anilines is 1. The van der Waals surface area contributed by atoms with Gasteiger partial charge in [-0.05, 0) is 49.9 Å². The molecule has 2 aromatic rings. The molecule has 17 heavy (non-hydrogen) atoms. The number of aromatic nitrogens is 2. The van der Waals surface area contributed by atoms with Gasteiger partial charge in [0.1, 0.15) is 5.82 Å². The van der Waals surface area contributed by atoms with Crippen LogP contribution in [0, 0.1) is 6.92 Å². The van der Waals surface area contributed by atoms with Gasteiger partial charge in [-0.3, -0.25) is 0 Å². The van der Waals surface area contributed by atoms with E-state index < -0.39 is 0 Å². The van der Waals surface area contributed by atoms with Crippen LogP contribution in [0.3, 0.4) is 0 Å². The van der Waals surface area contributed by atoms with Gasteiger partial charge in [0.05, 0.1) is 12.2 Å². The molecule has 0 saturated heterocycles. The van der Waals surface area contributed by atoms with Gasteiger partial charge in [-0.1, -0.05) is 0 Å². The van der Waals surface area contributed by atoms with Gasteiger partial charge < -0.3 is 5.32 Å². The van der Waals surface area contributed by atoms with Crippen LogP contribution in [-0.4, -0.2) is 10.2 Å². The van der Waals surface area contributed by atoms with Crippen LogP contribution in [0.5, 0.6) is 0 Å². The molecule has 1 aliphatic carbocycles. The Bertz CT molecular complexity index is 494. The van der Waals surface area contributed by atoms with Gasteiger partial charge in [0.25, 0.3) is 0 Å². The fourth-order valence-electron chi connectivity index (χ4n) is 2.15. The molecule has 3 nitrogen and oxygen atoms in total. The first-order valence-corrected chi connectivity index (χ1v) is 6.77. The third kappa shape index (κ3) is 2.31. The molecule has 88 valence electrons. The molecule has 0 bridgehead atoms. The first-order valence-electron chi connectivity index (χ1n) is 5.96. The number of nitrogens with one attached hydrogen (secondary N) is 1. The van der Waals surface area contributed by atoms with E-state index in [1.165, 1.54) is 24.1 Å². The van der Waals surface area contributed by atoms with Crippen molar-refractivity contribution in [3.63, 3.8) is 0 Å². The molecule has 4 heteroatoms.